The fourth-order valence-corrected chi connectivity index (χ4v) is 4.34. The van der Waals surface area contributed by atoms with Gasteiger partial charge in [0.2, 0.25) is 0 Å². The fraction of sp³-hybridized carbons (Fsp3) is 0.407. The number of unbranched alkanes of at least 4 members (excludes halogenated alkanes) is 2. The molecule has 3 aromatic carbocycles. The van der Waals surface area contributed by atoms with Crippen molar-refractivity contribution in [2.75, 3.05) is 19.7 Å². The Kier molecular flexibility index (Phi) is 7.39. The van der Waals surface area contributed by atoms with Crippen LogP contribution in [0.5, 0.6) is 5.75 Å². The Labute approximate surface area is 180 Å². The van der Waals surface area contributed by atoms with Gasteiger partial charge in [-0.1, -0.05) is 48.5 Å². The fourth-order valence-electron chi connectivity index (χ4n) is 4.34. The Morgan fingerprint density at radius 3 is 2.57 bits per heavy atom. The lowest BCUT2D eigenvalue weighted by Gasteiger charge is -2.30. The van der Waals surface area contributed by atoms with Gasteiger partial charge in [0.15, 0.2) is 0 Å². The van der Waals surface area contributed by atoms with E-state index in [2.05, 4.69) is 71.6 Å². The number of benzene rings is 3. The van der Waals surface area contributed by atoms with E-state index in [1.165, 1.54) is 34.7 Å². The van der Waals surface area contributed by atoms with Crippen LogP contribution in [0.1, 0.15) is 43.2 Å². The number of likely N-dealkylation sites (tertiary alicyclic amines) is 1. The number of β-amino-alcohol motifs (C(OH)–C–C–N with tert-alkyl or cyclic N) is 1. The Bertz CT molecular complexity index is 925. The monoisotopic (exact) mass is 403 g/mol. The molecule has 1 heterocycles. The lowest BCUT2D eigenvalue weighted by atomic mass is 10.0. The van der Waals surface area contributed by atoms with Gasteiger partial charge in [-0.3, -0.25) is 4.90 Å². The number of piperidine rings is 1. The van der Waals surface area contributed by atoms with Crippen LogP contribution in [-0.2, 0) is 13.0 Å². The Morgan fingerprint density at radius 1 is 0.867 bits per heavy atom. The van der Waals surface area contributed by atoms with E-state index in [1.54, 1.807) is 0 Å². The van der Waals surface area contributed by atoms with E-state index in [4.69, 9.17) is 4.74 Å². The third-order valence-electron chi connectivity index (χ3n) is 5.98. The van der Waals surface area contributed by atoms with Crippen molar-refractivity contribution in [2.45, 2.75) is 51.2 Å². The third kappa shape index (κ3) is 6.07. The minimum atomic E-state index is -0.169. The molecule has 1 N–H and O–H groups in total. The van der Waals surface area contributed by atoms with Crippen molar-refractivity contribution in [3.8, 4) is 5.75 Å². The molecular formula is C27H33NO2. The molecule has 0 spiro atoms. The zero-order chi connectivity index (χ0) is 20.6. The summed E-state index contributed by atoms with van der Waals surface area (Å²) in [6.45, 7) is 3.55. The summed E-state index contributed by atoms with van der Waals surface area (Å²) in [6.07, 6.45) is 6.49. The molecule has 0 saturated carbocycles. The van der Waals surface area contributed by atoms with E-state index in [1.807, 2.05) is 0 Å². The third-order valence-corrected chi connectivity index (χ3v) is 5.98. The van der Waals surface area contributed by atoms with Gasteiger partial charge in [0.25, 0.3) is 0 Å². The van der Waals surface area contributed by atoms with Crippen molar-refractivity contribution >= 4 is 10.8 Å². The quantitative estimate of drug-likeness (QED) is 0.473. The molecule has 1 fully saturated rings. The number of hydrogen-bond donors (Lipinski definition) is 1. The minimum Gasteiger partial charge on any atom is -0.494 e. The molecule has 1 aliphatic heterocycles. The number of aryl methyl sites for hydroxylation is 1. The second-order valence-electron chi connectivity index (χ2n) is 8.52. The first-order chi connectivity index (χ1) is 14.8. The molecule has 0 radical (unpaired) electrons. The molecule has 1 atom stereocenters. The highest BCUT2D eigenvalue weighted by atomic mass is 16.5. The predicted octanol–water partition coefficient (Wildman–Crippen LogP) is 5.59. The zero-order valence-electron chi connectivity index (χ0n) is 17.8. The van der Waals surface area contributed by atoms with Gasteiger partial charge >= 0.3 is 0 Å². The van der Waals surface area contributed by atoms with Crippen molar-refractivity contribution in [3.63, 3.8) is 0 Å². The van der Waals surface area contributed by atoms with Crippen LogP contribution < -0.4 is 4.74 Å². The molecule has 30 heavy (non-hydrogen) atoms. The molecular weight excluding hydrogens is 370 g/mol. The van der Waals surface area contributed by atoms with Crippen LogP contribution in [0.15, 0.2) is 66.7 Å². The van der Waals surface area contributed by atoms with Crippen LogP contribution in [0.2, 0.25) is 0 Å². The number of ether oxygens (including phenoxy) is 1. The lowest BCUT2D eigenvalue weighted by Crippen LogP contribution is -2.37. The molecule has 0 aliphatic carbocycles. The second-order valence-corrected chi connectivity index (χ2v) is 8.52. The maximum Gasteiger partial charge on any atom is 0.119 e. The molecule has 158 valence electrons. The Morgan fingerprint density at radius 2 is 1.70 bits per heavy atom. The van der Waals surface area contributed by atoms with E-state index < -0.39 is 0 Å². The molecule has 1 aliphatic rings. The summed E-state index contributed by atoms with van der Waals surface area (Å²) in [5, 5.41) is 12.3. The highest BCUT2D eigenvalue weighted by molar-refractivity contribution is 5.84. The molecule has 0 bridgehead atoms. The Hall–Kier alpha value is -2.36. The van der Waals surface area contributed by atoms with Gasteiger partial charge in [-0.2, -0.15) is 0 Å². The summed E-state index contributed by atoms with van der Waals surface area (Å²) in [5.74, 6) is 0.956. The van der Waals surface area contributed by atoms with Crippen LogP contribution in [0, 0.1) is 0 Å². The van der Waals surface area contributed by atoms with Gasteiger partial charge in [0.1, 0.15) is 5.75 Å². The first-order valence-electron chi connectivity index (χ1n) is 11.4. The molecule has 0 amide bonds. The SMILES string of the molecule is OC1CCCN(Cc2ccc3cc(OCCCCCc4ccccc4)ccc3c2)C1. The standard InChI is InChI=1S/C27H33NO2/c29-26-11-7-16-28(21-26)20-23-12-13-25-19-27(15-14-24(25)18-23)30-17-6-2-5-10-22-8-3-1-4-9-22/h1,3-4,8-9,12-15,18-19,26,29H,2,5-7,10-11,16-17,20-21H2. The first-order valence-corrected chi connectivity index (χ1v) is 11.4. The predicted molar refractivity (Wildman–Crippen MR) is 124 cm³/mol. The van der Waals surface area contributed by atoms with Gasteiger partial charge in [0.05, 0.1) is 12.7 Å². The number of aliphatic hydroxyl groups is 1. The van der Waals surface area contributed by atoms with Gasteiger partial charge < -0.3 is 9.84 Å². The van der Waals surface area contributed by atoms with Crippen molar-refractivity contribution < 1.29 is 9.84 Å². The van der Waals surface area contributed by atoms with Gasteiger partial charge in [0, 0.05) is 13.1 Å². The van der Waals surface area contributed by atoms with Gasteiger partial charge in [-0.15, -0.1) is 0 Å². The van der Waals surface area contributed by atoms with Gasteiger partial charge in [-0.25, -0.2) is 0 Å². The summed E-state index contributed by atoms with van der Waals surface area (Å²) in [5.41, 5.74) is 2.73. The largest absolute Gasteiger partial charge is 0.494 e. The molecule has 1 unspecified atom stereocenters. The molecule has 4 rings (SSSR count). The van der Waals surface area contributed by atoms with E-state index in [0.717, 1.165) is 57.7 Å². The maximum atomic E-state index is 9.88. The average Bonchev–Trinajstić information content (AvgIpc) is 2.77. The van der Waals surface area contributed by atoms with Crippen molar-refractivity contribution in [2.24, 2.45) is 0 Å². The summed E-state index contributed by atoms with van der Waals surface area (Å²) < 4.78 is 5.99. The van der Waals surface area contributed by atoms with E-state index >= 15 is 0 Å². The van der Waals surface area contributed by atoms with Crippen LogP contribution in [0.4, 0.5) is 0 Å². The van der Waals surface area contributed by atoms with Crippen molar-refractivity contribution in [3.05, 3.63) is 77.9 Å². The average molecular weight is 404 g/mol. The molecule has 3 aromatic rings. The Balaban J connectivity index is 1.23. The highest BCUT2D eigenvalue weighted by Gasteiger charge is 2.17. The molecule has 3 heteroatoms. The number of hydrogen-bond acceptors (Lipinski definition) is 3. The summed E-state index contributed by atoms with van der Waals surface area (Å²) in [7, 11) is 0. The van der Waals surface area contributed by atoms with E-state index in [9.17, 15) is 5.11 Å². The van der Waals surface area contributed by atoms with E-state index in [-0.39, 0.29) is 6.10 Å². The summed E-state index contributed by atoms with van der Waals surface area (Å²) >= 11 is 0. The smallest absolute Gasteiger partial charge is 0.119 e. The van der Waals surface area contributed by atoms with Crippen molar-refractivity contribution in [1.29, 1.82) is 0 Å². The lowest BCUT2D eigenvalue weighted by molar-refractivity contribution is 0.0668. The van der Waals surface area contributed by atoms with Crippen LogP contribution in [-0.4, -0.2) is 35.8 Å². The van der Waals surface area contributed by atoms with Crippen LogP contribution >= 0.6 is 0 Å². The number of nitrogens with zero attached hydrogens (tertiary/aromatic N) is 1. The number of rotatable bonds is 9. The van der Waals surface area contributed by atoms with Crippen LogP contribution in [0.25, 0.3) is 10.8 Å². The topological polar surface area (TPSA) is 32.7 Å². The van der Waals surface area contributed by atoms with Crippen molar-refractivity contribution in [1.82, 2.24) is 4.90 Å². The van der Waals surface area contributed by atoms with E-state index in [0.29, 0.717) is 0 Å². The highest BCUT2D eigenvalue weighted by Crippen LogP contribution is 2.24. The summed E-state index contributed by atoms with van der Waals surface area (Å²) in [6, 6.07) is 23.8. The number of fused-ring (bicyclic) bond motifs is 1. The van der Waals surface area contributed by atoms with Gasteiger partial charge in [-0.05, 0) is 85.2 Å². The zero-order valence-corrected chi connectivity index (χ0v) is 17.8. The molecule has 3 nitrogen and oxygen atoms in total. The summed E-state index contributed by atoms with van der Waals surface area (Å²) in [4.78, 5) is 2.35. The second kappa shape index (κ2) is 10.6. The normalized spacial score (nSPS) is 17.3. The molecule has 1 saturated heterocycles. The maximum absolute atomic E-state index is 9.88. The van der Waals surface area contributed by atoms with Crippen LogP contribution in [0.3, 0.4) is 0 Å². The minimum absolute atomic E-state index is 0.169. The number of aliphatic hydroxyl groups excluding tert-OH is 1. The first kappa shape index (κ1) is 20.9. The molecule has 0 aromatic heterocycles.